The lowest BCUT2D eigenvalue weighted by Gasteiger charge is -2.10. The van der Waals surface area contributed by atoms with Crippen LogP contribution in [-0.2, 0) is 10.0 Å². The Hall–Kier alpha value is -2.23. The topological polar surface area (TPSA) is 75.3 Å². The summed E-state index contributed by atoms with van der Waals surface area (Å²) in [6, 6.07) is 13.3. The number of thiophene rings is 1. The van der Waals surface area contributed by atoms with Gasteiger partial charge in [-0.3, -0.25) is 9.52 Å². The fraction of sp³-hybridized carbons (Fsp3) is 0.0556. The molecule has 0 aliphatic carbocycles. The van der Waals surface area contributed by atoms with E-state index in [1.54, 1.807) is 13.0 Å². The quantitative estimate of drug-likeness (QED) is 0.552. The lowest BCUT2D eigenvalue weighted by molar-refractivity contribution is 0.102. The average molecular weight is 469 g/mol. The van der Waals surface area contributed by atoms with E-state index < -0.39 is 10.0 Å². The Morgan fingerprint density at radius 1 is 1.07 bits per heavy atom. The molecule has 3 aromatic rings. The van der Waals surface area contributed by atoms with Crippen molar-refractivity contribution >= 4 is 54.6 Å². The molecule has 3 rings (SSSR count). The molecule has 5 nitrogen and oxygen atoms in total. The molecule has 0 aliphatic heterocycles. The van der Waals surface area contributed by atoms with E-state index in [9.17, 15) is 17.6 Å². The van der Waals surface area contributed by atoms with Crippen molar-refractivity contribution in [1.29, 1.82) is 0 Å². The first-order valence-electron chi connectivity index (χ1n) is 7.70. The summed E-state index contributed by atoms with van der Waals surface area (Å²) in [4.78, 5) is 12.3. The SMILES string of the molecule is Cc1cc(F)ccc1NC(=O)c1ccc(NS(=O)(=O)c2ccc(Br)s2)cc1. The minimum absolute atomic E-state index is 0.183. The molecule has 0 atom stereocenters. The summed E-state index contributed by atoms with van der Waals surface area (Å²) in [5.41, 5.74) is 1.80. The largest absolute Gasteiger partial charge is 0.322 e. The molecule has 0 aliphatic rings. The van der Waals surface area contributed by atoms with Crippen molar-refractivity contribution in [2.75, 3.05) is 10.0 Å². The number of carbonyl (C=O) groups is 1. The molecule has 0 saturated heterocycles. The van der Waals surface area contributed by atoms with E-state index in [0.29, 0.717) is 26.3 Å². The Balaban J connectivity index is 1.72. The molecular weight excluding hydrogens is 455 g/mol. The standard InChI is InChI=1S/C18H14BrFN2O3S2/c1-11-10-13(20)4-7-15(11)21-18(23)12-2-5-14(6-3-12)22-27(24,25)17-9-8-16(19)26-17/h2-10,22H,1H3,(H,21,23). The summed E-state index contributed by atoms with van der Waals surface area (Å²) >= 11 is 4.33. The van der Waals surface area contributed by atoms with Gasteiger partial charge >= 0.3 is 0 Å². The van der Waals surface area contributed by atoms with Gasteiger partial charge in [0.05, 0.1) is 3.79 Å². The zero-order valence-corrected chi connectivity index (χ0v) is 17.2. The molecular formula is C18H14BrFN2O3S2. The molecule has 0 fully saturated rings. The maximum atomic E-state index is 13.1. The number of sulfonamides is 1. The van der Waals surface area contributed by atoms with Crippen LogP contribution in [0, 0.1) is 12.7 Å². The van der Waals surface area contributed by atoms with E-state index >= 15 is 0 Å². The molecule has 27 heavy (non-hydrogen) atoms. The molecule has 2 N–H and O–H groups in total. The van der Waals surface area contributed by atoms with Crippen molar-refractivity contribution in [3.8, 4) is 0 Å². The van der Waals surface area contributed by atoms with Crippen LogP contribution in [0.25, 0.3) is 0 Å². The third kappa shape index (κ3) is 4.74. The van der Waals surface area contributed by atoms with Crippen molar-refractivity contribution in [2.24, 2.45) is 0 Å². The van der Waals surface area contributed by atoms with Crippen molar-refractivity contribution in [2.45, 2.75) is 11.1 Å². The van der Waals surface area contributed by atoms with E-state index in [1.165, 1.54) is 48.5 Å². The van der Waals surface area contributed by atoms with Crippen LogP contribution in [0.3, 0.4) is 0 Å². The van der Waals surface area contributed by atoms with Crippen LogP contribution < -0.4 is 10.0 Å². The summed E-state index contributed by atoms with van der Waals surface area (Å²) in [6.07, 6.45) is 0. The maximum absolute atomic E-state index is 13.1. The van der Waals surface area contributed by atoms with Crippen molar-refractivity contribution in [3.05, 3.63) is 75.3 Å². The van der Waals surface area contributed by atoms with Gasteiger partial charge in [0.15, 0.2) is 0 Å². The number of anilines is 2. The van der Waals surface area contributed by atoms with Gasteiger partial charge in [0, 0.05) is 16.9 Å². The van der Waals surface area contributed by atoms with E-state index in [-0.39, 0.29) is 15.9 Å². The third-order valence-corrected chi connectivity index (χ3v) is 7.15. The summed E-state index contributed by atoms with van der Waals surface area (Å²) < 4.78 is 41.1. The van der Waals surface area contributed by atoms with Crippen LogP contribution in [0.4, 0.5) is 15.8 Å². The summed E-state index contributed by atoms with van der Waals surface area (Å²) in [5.74, 6) is -0.749. The fourth-order valence-corrected chi connectivity index (χ4v) is 5.37. The highest BCUT2D eigenvalue weighted by Crippen LogP contribution is 2.27. The van der Waals surface area contributed by atoms with E-state index in [4.69, 9.17) is 0 Å². The number of aryl methyl sites for hydroxylation is 1. The molecule has 1 heterocycles. The van der Waals surface area contributed by atoms with Crippen LogP contribution in [0.1, 0.15) is 15.9 Å². The monoisotopic (exact) mass is 468 g/mol. The van der Waals surface area contributed by atoms with Crippen LogP contribution in [0.2, 0.25) is 0 Å². The van der Waals surface area contributed by atoms with Crippen LogP contribution in [-0.4, -0.2) is 14.3 Å². The van der Waals surface area contributed by atoms with Gasteiger partial charge in [0.1, 0.15) is 10.0 Å². The summed E-state index contributed by atoms with van der Waals surface area (Å²) in [7, 11) is -3.68. The molecule has 0 saturated carbocycles. The van der Waals surface area contributed by atoms with Gasteiger partial charge in [-0.2, -0.15) is 0 Å². The third-order valence-electron chi connectivity index (χ3n) is 3.65. The Kier molecular flexibility index (Phi) is 5.64. The first-order valence-corrected chi connectivity index (χ1v) is 10.8. The van der Waals surface area contributed by atoms with Crippen molar-refractivity contribution in [3.63, 3.8) is 0 Å². The zero-order chi connectivity index (χ0) is 19.6. The van der Waals surface area contributed by atoms with Gasteiger partial charge in [-0.05, 0) is 83.0 Å². The first kappa shape index (κ1) is 19.5. The summed E-state index contributed by atoms with van der Waals surface area (Å²) in [5, 5.41) is 2.70. The second-order valence-corrected chi connectivity index (χ2v) is 10.0. The number of halogens is 2. The van der Waals surface area contributed by atoms with Gasteiger partial charge in [0.25, 0.3) is 15.9 Å². The molecule has 0 radical (unpaired) electrons. The molecule has 1 amide bonds. The van der Waals surface area contributed by atoms with Gasteiger partial charge in [-0.25, -0.2) is 12.8 Å². The molecule has 0 bridgehead atoms. The first-order chi connectivity index (χ1) is 12.7. The average Bonchev–Trinajstić information content (AvgIpc) is 3.05. The van der Waals surface area contributed by atoms with Gasteiger partial charge in [0.2, 0.25) is 0 Å². The van der Waals surface area contributed by atoms with Gasteiger partial charge < -0.3 is 5.32 Å². The number of amides is 1. The molecule has 2 aromatic carbocycles. The lowest BCUT2D eigenvalue weighted by atomic mass is 10.1. The lowest BCUT2D eigenvalue weighted by Crippen LogP contribution is -2.14. The highest BCUT2D eigenvalue weighted by atomic mass is 79.9. The number of benzene rings is 2. The number of hydrogen-bond acceptors (Lipinski definition) is 4. The number of nitrogens with one attached hydrogen (secondary N) is 2. The minimum atomic E-state index is -3.68. The van der Waals surface area contributed by atoms with Gasteiger partial charge in [-0.15, -0.1) is 11.3 Å². The van der Waals surface area contributed by atoms with Crippen molar-refractivity contribution < 1.29 is 17.6 Å². The fourth-order valence-electron chi connectivity index (χ4n) is 2.30. The number of carbonyl (C=O) groups excluding carboxylic acids is 1. The maximum Gasteiger partial charge on any atom is 0.271 e. The Morgan fingerprint density at radius 2 is 1.78 bits per heavy atom. The predicted molar refractivity (Wildman–Crippen MR) is 108 cm³/mol. The molecule has 1 aromatic heterocycles. The second kappa shape index (κ2) is 7.79. The Morgan fingerprint density at radius 3 is 2.37 bits per heavy atom. The number of hydrogen-bond donors (Lipinski definition) is 2. The number of rotatable bonds is 5. The van der Waals surface area contributed by atoms with Crippen LogP contribution in [0.5, 0.6) is 0 Å². The normalized spacial score (nSPS) is 11.2. The summed E-state index contributed by atoms with van der Waals surface area (Å²) in [6.45, 7) is 1.69. The zero-order valence-electron chi connectivity index (χ0n) is 14.0. The minimum Gasteiger partial charge on any atom is -0.322 e. The predicted octanol–water partition coefficient (Wildman–Crippen LogP) is 5.01. The molecule has 0 spiro atoms. The van der Waals surface area contributed by atoms with Crippen LogP contribution in [0.15, 0.2) is 62.6 Å². The van der Waals surface area contributed by atoms with E-state index in [0.717, 1.165) is 11.3 Å². The Bertz CT molecular complexity index is 1100. The molecule has 0 unspecified atom stereocenters. The second-order valence-electron chi connectivity index (χ2n) is 5.65. The smallest absolute Gasteiger partial charge is 0.271 e. The highest BCUT2D eigenvalue weighted by Gasteiger charge is 2.17. The Labute approximate surface area is 168 Å². The van der Waals surface area contributed by atoms with Crippen molar-refractivity contribution in [1.82, 2.24) is 0 Å². The highest BCUT2D eigenvalue weighted by molar-refractivity contribution is 9.11. The van der Waals surface area contributed by atoms with E-state index in [2.05, 4.69) is 26.0 Å². The van der Waals surface area contributed by atoms with Gasteiger partial charge in [-0.1, -0.05) is 0 Å². The van der Waals surface area contributed by atoms with Crippen LogP contribution >= 0.6 is 27.3 Å². The molecule has 140 valence electrons. The van der Waals surface area contributed by atoms with E-state index in [1.807, 2.05) is 0 Å². The molecule has 9 heteroatoms.